The van der Waals surface area contributed by atoms with E-state index in [0.29, 0.717) is 6.04 Å². The molecule has 1 nitrogen and oxygen atoms in total. The highest BCUT2D eigenvalue weighted by Crippen LogP contribution is 2.22. The molecule has 0 spiro atoms. The van der Waals surface area contributed by atoms with Crippen LogP contribution in [-0.2, 0) is 6.42 Å². The van der Waals surface area contributed by atoms with Crippen LogP contribution in [-0.4, -0.2) is 6.54 Å². The minimum absolute atomic E-state index is 0.379. The number of benzene rings is 1. The summed E-state index contributed by atoms with van der Waals surface area (Å²) in [6.45, 7) is 3.22. The van der Waals surface area contributed by atoms with Crippen molar-refractivity contribution in [2.75, 3.05) is 6.54 Å². The number of hydrogen-bond acceptors (Lipinski definition) is 2. The van der Waals surface area contributed by atoms with Crippen LogP contribution >= 0.6 is 27.3 Å². The normalized spacial score (nSPS) is 12.6. The molecule has 1 heterocycles. The minimum atomic E-state index is 0.379. The van der Waals surface area contributed by atoms with Crippen molar-refractivity contribution in [1.29, 1.82) is 0 Å². The maximum Gasteiger partial charge on any atom is 0.0303 e. The molecule has 0 aliphatic heterocycles. The SMILES string of the molecule is C[C@H](NCCc1ccsc1)c1ccccc1Br. The molecule has 0 saturated carbocycles. The Labute approximate surface area is 115 Å². The van der Waals surface area contributed by atoms with E-state index in [9.17, 15) is 0 Å². The molecule has 1 aromatic carbocycles. The van der Waals surface area contributed by atoms with E-state index in [4.69, 9.17) is 0 Å². The summed E-state index contributed by atoms with van der Waals surface area (Å²) in [6.07, 6.45) is 1.10. The molecule has 0 unspecified atom stereocenters. The summed E-state index contributed by atoms with van der Waals surface area (Å²) in [6, 6.07) is 10.9. The van der Waals surface area contributed by atoms with Crippen molar-refractivity contribution in [2.45, 2.75) is 19.4 Å². The van der Waals surface area contributed by atoms with Crippen molar-refractivity contribution in [1.82, 2.24) is 5.32 Å². The first-order valence-corrected chi connectivity index (χ1v) is 7.50. The second-order valence-electron chi connectivity index (χ2n) is 4.08. The highest BCUT2D eigenvalue weighted by molar-refractivity contribution is 9.10. The van der Waals surface area contributed by atoms with Crippen LogP contribution in [0.4, 0.5) is 0 Å². The van der Waals surface area contributed by atoms with Gasteiger partial charge in [-0.1, -0.05) is 34.1 Å². The lowest BCUT2D eigenvalue weighted by molar-refractivity contribution is 0.575. The van der Waals surface area contributed by atoms with E-state index in [-0.39, 0.29) is 0 Å². The molecule has 0 bridgehead atoms. The predicted octanol–water partition coefficient (Wildman–Crippen LogP) is 4.40. The molecule has 0 amide bonds. The van der Waals surface area contributed by atoms with Gasteiger partial charge in [-0.3, -0.25) is 0 Å². The van der Waals surface area contributed by atoms with Crippen molar-refractivity contribution in [3.8, 4) is 0 Å². The van der Waals surface area contributed by atoms with E-state index >= 15 is 0 Å². The molecule has 90 valence electrons. The summed E-state index contributed by atoms with van der Waals surface area (Å²) in [5, 5.41) is 7.90. The fourth-order valence-electron chi connectivity index (χ4n) is 1.80. The summed E-state index contributed by atoms with van der Waals surface area (Å²) in [5.74, 6) is 0. The van der Waals surface area contributed by atoms with Gasteiger partial charge in [-0.05, 0) is 53.9 Å². The quantitative estimate of drug-likeness (QED) is 0.863. The lowest BCUT2D eigenvalue weighted by Gasteiger charge is -2.15. The van der Waals surface area contributed by atoms with Gasteiger partial charge in [0.2, 0.25) is 0 Å². The largest absolute Gasteiger partial charge is 0.310 e. The fourth-order valence-corrected chi connectivity index (χ4v) is 3.14. The van der Waals surface area contributed by atoms with Gasteiger partial charge in [0.05, 0.1) is 0 Å². The van der Waals surface area contributed by atoms with Crippen LogP contribution in [0, 0.1) is 0 Å². The van der Waals surface area contributed by atoms with Gasteiger partial charge in [0.25, 0.3) is 0 Å². The van der Waals surface area contributed by atoms with Crippen LogP contribution in [0.5, 0.6) is 0 Å². The second kappa shape index (κ2) is 6.34. The first kappa shape index (κ1) is 12.8. The van der Waals surface area contributed by atoms with Crippen molar-refractivity contribution in [3.63, 3.8) is 0 Å². The summed E-state index contributed by atoms with van der Waals surface area (Å²) in [4.78, 5) is 0. The Balaban J connectivity index is 1.85. The zero-order valence-corrected chi connectivity index (χ0v) is 12.2. The molecule has 0 fully saturated rings. The summed E-state index contributed by atoms with van der Waals surface area (Å²) in [7, 11) is 0. The minimum Gasteiger partial charge on any atom is -0.310 e. The fraction of sp³-hybridized carbons (Fsp3) is 0.286. The Bertz CT molecular complexity index is 453. The number of nitrogens with one attached hydrogen (secondary N) is 1. The molecule has 1 aromatic heterocycles. The van der Waals surface area contributed by atoms with E-state index in [2.05, 4.69) is 63.2 Å². The van der Waals surface area contributed by atoms with Crippen LogP contribution < -0.4 is 5.32 Å². The molecule has 2 aromatic rings. The molecule has 1 N–H and O–H groups in total. The van der Waals surface area contributed by atoms with E-state index < -0.39 is 0 Å². The van der Waals surface area contributed by atoms with Crippen LogP contribution in [0.25, 0.3) is 0 Å². The zero-order valence-electron chi connectivity index (χ0n) is 9.82. The standard InChI is InChI=1S/C14H16BrNS/c1-11(13-4-2-3-5-14(13)15)16-8-6-12-7-9-17-10-12/h2-5,7,9-11,16H,6,8H2,1H3/t11-/m0/s1. The molecule has 3 heteroatoms. The maximum absolute atomic E-state index is 3.59. The van der Waals surface area contributed by atoms with E-state index in [0.717, 1.165) is 13.0 Å². The smallest absolute Gasteiger partial charge is 0.0303 e. The van der Waals surface area contributed by atoms with Crippen LogP contribution in [0.2, 0.25) is 0 Å². The van der Waals surface area contributed by atoms with Gasteiger partial charge in [-0.2, -0.15) is 11.3 Å². The lowest BCUT2D eigenvalue weighted by atomic mass is 10.1. The van der Waals surface area contributed by atoms with Crippen molar-refractivity contribution < 1.29 is 0 Å². The number of hydrogen-bond donors (Lipinski definition) is 1. The zero-order chi connectivity index (χ0) is 12.1. The van der Waals surface area contributed by atoms with Gasteiger partial charge >= 0.3 is 0 Å². The van der Waals surface area contributed by atoms with Gasteiger partial charge < -0.3 is 5.32 Å². The average molecular weight is 310 g/mol. The van der Waals surface area contributed by atoms with Crippen molar-refractivity contribution >= 4 is 27.3 Å². The van der Waals surface area contributed by atoms with Gasteiger partial charge in [0.1, 0.15) is 0 Å². The molecule has 2 rings (SSSR count). The Morgan fingerprint density at radius 1 is 1.29 bits per heavy atom. The lowest BCUT2D eigenvalue weighted by Crippen LogP contribution is -2.21. The van der Waals surface area contributed by atoms with Crippen molar-refractivity contribution in [2.24, 2.45) is 0 Å². The monoisotopic (exact) mass is 309 g/mol. The van der Waals surface area contributed by atoms with Gasteiger partial charge in [0.15, 0.2) is 0 Å². The molecule has 1 atom stereocenters. The first-order valence-electron chi connectivity index (χ1n) is 5.76. The van der Waals surface area contributed by atoms with Crippen molar-refractivity contribution in [3.05, 3.63) is 56.7 Å². The van der Waals surface area contributed by atoms with Gasteiger partial charge in [-0.15, -0.1) is 0 Å². The summed E-state index contributed by atoms with van der Waals surface area (Å²) in [5.41, 5.74) is 2.74. The molecule has 17 heavy (non-hydrogen) atoms. The molecule has 0 saturated heterocycles. The molecule has 0 aliphatic carbocycles. The third-order valence-electron chi connectivity index (χ3n) is 2.82. The number of thiophene rings is 1. The first-order chi connectivity index (χ1) is 8.27. The Morgan fingerprint density at radius 3 is 2.82 bits per heavy atom. The molecular formula is C14H16BrNS. The number of halogens is 1. The highest BCUT2D eigenvalue weighted by atomic mass is 79.9. The molecular weight excluding hydrogens is 294 g/mol. The predicted molar refractivity (Wildman–Crippen MR) is 78.6 cm³/mol. The summed E-state index contributed by atoms with van der Waals surface area (Å²) >= 11 is 5.35. The van der Waals surface area contributed by atoms with E-state index in [1.165, 1.54) is 15.6 Å². The Morgan fingerprint density at radius 2 is 2.12 bits per heavy atom. The van der Waals surface area contributed by atoms with E-state index in [1.54, 1.807) is 11.3 Å². The van der Waals surface area contributed by atoms with Crippen LogP contribution in [0.1, 0.15) is 24.1 Å². The van der Waals surface area contributed by atoms with E-state index in [1.807, 2.05) is 6.07 Å². The highest BCUT2D eigenvalue weighted by Gasteiger charge is 2.07. The third-order valence-corrected chi connectivity index (χ3v) is 4.27. The number of rotatable bonds is 5. The Hall–Kier alpha value is -0.640. The van der Waals surface area contributed by atoms with Crippen LogP contribution in [0.3, 0.4) is 0 Å². The topological polar surface area (TPSA) is 12.0 Å². The van der Waals surface area contributed by atoms with Gasteiger partial charge in [-0.25, -0.2) is 0 Å². The average Bonchev–Trinajstić information content (AvgIpc) is 2.82. The third kappa shape index (κ3) is 3.66. The Kier molecular flexibility index (Phi) is 4.77. The van der Waals surface area contributed by atoms with Crippen LogP contribution in [0.15, 0.2) is 45.6 Å². The summed E-state index contributed by atoms with van der Waals surface area (Å²) < 4.78 is 1.18. The van der Waals surface area contributed by atoms with Gasteiger partial charge in [0, 0.05) is 10.5 Å². The molecule has 0 radical (unpaired) electrons. The maximum atomic E-state index is 3.59. The second-order valence-corrected chi connectivity index (χ2v) is 5.71. The molecule has 0 aliphatic rings.